The minimum Gasteiger partial charge on any atom is -0.315 e. The van der Waals surface area contributed by atoms with Gasteiger partial charge >= 0.3 is 4.87 Å². The van der Waals surface area contributed by atoms with Gasteiger partial charge < -0.3 is 10.3 Å². The topological polar surface area (TPSA) is 44.9 Å². The lowest BCUT2D eigenvalue weighted by atomic mass is 9.80. The Morgan fingerprint density at radius 2 is 2.06 bits per heavy atom. The summed E-state index contributed by atoms with van der Waals surface area (Å²) in [6.45, 7) is 5.45. The first-order valence-electron chi connectivity index (χ1n) is 6.03. The quantitative estimate of drug-likeness (QED) is 0.852. The average Bonchev–Trinajstić information content (AvgIpc) is 2.60. The minimum absolute atomic E-state index is 0.0437. The Hall–Kier alpha value is -0.610. The van der Waals surface area contributed by atoms with Gasteiger partial charge in [-0.05, 0) is 31.1 Å². The Morgan fingerprint density at radius 3 is 2.62 bits per heavy atom. The van der Waals surface area contributed by atoms with Gasteiger partial charge in [-0.25, -0.2) is 0 Å². The largest absolute Gasteiger partial charge is 0.315 e. The summed E-state index contributed by atoms with van der Waals surface area (Å²) >= 11 is 1.24. The molecule has 3 nitrogen and oxygen atoms in total. The predicted octanol–water partition coefficient (Wildman–Crippen LogP) is 2.35. The molecule has 1 saturated carbocycles. The highest BCUT2D eigenvalue weighted by atomic mass is 32.1. The van der Waals surface area contributed by atoms with Crippen molar-refractivity contribution in [1.82, 2.24) is 10.3 Å². The number of rotatable bonds is 3. The molecule has 1 aliphatic carbocycles. The molecule has 0 saturated heterocycles. The lowest BCUT2D eigenvalue weighted by molar-refractivity contribution is 0.238. The van der Waals surface area contributed by atoms with Gasteiger partial charge in [0.1, 0.15) is 0 Å². The first-order chi connectivity index (χ1) is 7.63. The first kappa shape index (κ1) is 11.9. The van der Waals surface area contributed by atoms with E-state index in [4.69, 9.17) is 0 Å². The van der Waals surface area contributed by atoms with Crippen molar-refractivity contribution in [3.63, 3.8) is 0 Å². The summed E-state index contributed by atoms with van der Waals surface area (Å²) in [6, 6.07) is 0.613. The second-order valence-electron chi connectivity index (χ2n) is 5.17. The van der Waals surface area contributed by atoms with E-state index >= 15 is 0 Å². The number of aromatic nitrogens is 1. The highest BCUT2D eigenvalue weighted by molar-refractivity contribution is 7.07. The molecule has 2 atom stereocenters. The SMILES string of the molecule is CC1CC(C)CC(NCc2csc(=O)[nH]2)C1. The molecule has 2 unspecified atom stereocenters. The van der Waals surface area contributed by atoms with E-state index in [1.54, 1.807) is 0 Å². The zero-order valence-electron chi connectivity index (χ0n) is 9.95. The maximum atomic E-state index is 11.0. The summed E-state index contributed by atoms with van der Waals surface area (Å²) in [5.74, 6) is 1.64. The van der Waals surface area contributed by atoms with Crippen LogP contribution in [-0.4, -0.2) is 11.0 Å². The standard InChI is InChI=1S/C12H20N2OS/c1-8-3-9(2)5-10(4-8)13-6-11-7-16-12(15)14-11/h7-10,13H,3-6H2,1-2H3,(H,14,15). The molecule has 1 aromatic rings. The van der Waals surface area contributed by atoms with Gasteiger partial charge in [-0.15, -0.1) is 0 Å². The molecule has 1 heterocycles. The fraction of sp³-hybridized carbons (Fsp3) is 0.750. The van der Waals surface area contributed by atoms with Crippen LogP contribution >= 0.6 is 11.3 Å². The van der Waals surface area contributed by atoms with E-state index in [0.717, 1.165) is 24.1 Å². The normalized spacial score (nSPS) is 30.5. The van der Waals surface area contributed by atoms with Crippen molar-refractivity contribution in [2.24, 2.45) is 11.8 Å². The highest BCUT2D eigenvalue weighted by Crippen LogP contribution is 2.28. The maximum Gasteiger partial charge on any atom is 0.304 e. The van der Waals surface area contributed by atoms with Gasteiger partial charge in [-0.2, -0.15) is 0 Å². The molecule has 2 N–H and O–H groups in total. The Balaban J connectivity index is 1.83. The van der Waals surface area contributed by atoms with Crippen LogP contribution in [0.25, 0.3) is 0 Å². The van der Waals surface area contributed by atoms with Gasteiger partial charge in [-0.1, -0.05) is 25.2 Å². The summed E-state index contributed by atoms with van der Waals surface area (Å²) in [5, 5.41) is 5.46. The van der Waals surface area contributed by atoms with Crippen molar-refractivity contribution in [3.05, 3.63) is 20.7 Å². The molecule has 0 radical (unpaired) electrons. The molecule has 0 aliphatic heterocycles. The number of thiazole rings is 1. The van der Waals surface area contributed by atoms with E-state index in [9.17, 15) is 4.79 Å². The first-order valence-corrected chi connectivity index (χ1v) is 6.91. The maximum absolute atomic E-state index is 11.0. The Bertz CT molecular complexity index is 374. The zero-order valence-corrected chi connectivity index (χ0v) is 10.8. The molecule has 0 amide bonds. The van der Waals surface area contributed by atoms with Crippen LogP contribution in [0.1, 0.15) is 38.8 Å². The summed E-state index contributed by atoms with van der Waals surface area (Å²) in [6.07, 6.45) is 3.88. The van der Waals surface area contributed by atoms with Gasteiger partial charge in [0.05, 0.1) is 0 Å². The van der Waals surface area contributed by atoms with Crippen LogP contribution in [0.3, 0.4) is 0 Å². The lowest BCUT2D eigenvalue weighted by Crippen LogP contribution is -2.36. The van der Waals surface area contributed by atoms with Gasteiger partial charge in [-0.3, -0.25) is 4.79 Å². The molecule has 90 valence electrons. The number of hydrogen-bond donors (Lipinski definition) is 2. The molecule has 2 rings (SSSR count). The third-order valence-corrected chi connectivity index (χ3v) is 4.05. The smallest absolute Gasteiger partial charge is 0.304 e. The van der Waals surface area contributed by atoms with E-state index in [1.807, 2.05) is 5.38 Å². The van der Waals surface area contributed by atoms with Crippen LogP contribution < -0.4 is 10.2 Å². The van der Waals surface area contributed by atoms with Crippen molar-refractivity contribution in [3.8, 4) is 0 Å². The molecule has 0 aromatic carbocycles. The third-order valence-electron chi connectivity index (χ3n) is 3.33. The highest BCUT2D eigenvalue weighted by Gasteiger charge is 2.23. The van der Waals surface area contributed by atoms with E-state index in [-0.39, 0.29) is 4.87 Å². The van der Waals surface area contributed by atoms with Crippen LogP contribution in [-0.2, 0) is 6.54 Å². The Kier molecular flexibility index (Phi) is 3.82. The predicted molar refractivity (Wildman–Crippen MR) is 67.7 cm³/mol. The van der Waals surface area contributed by atoms with Crippen molar-refractivity contribution in [2.75, 3.05) is 0 Å². The zero-order chi connectivity index (χ0) is 11.5. The van der Waals surface area contributed by atoms with Crippen LogP contribution in [0.4, 0.5) is 0 Å². The molecule has 0 bridgehead atoms. The number of nitrogens with one attached hydrogen (secondary N) is 2. The average molecular weight is 240 g/mol. The van der Waals surface area contributed by atoms with Crippen LogP contribution in [0.5, 0.6) is 0 Å². The van der Waals surface area contributed by atoms with Crippen molar-refractivity contribution in [2.45, 2.75) is 45.7 Å². The summed E-state index contributed by atoms with van der Waals surface area (Å²) in [4.78, 5) is 13.9. The van der Waals surface area contributed by atoms with Gasteiger partial charge in [0.25, 0.3) is 0 Å². The van der Waals surface area contributed by atoms with Crippen molar-refractivity contribution < 1.29 is 0 Å². The molecule has 1 fully saturated rings. The van der Waals surface area contributed by atoms with Crippen LogP contribution in [0.2, 0.25) is 0 Å². The minimum atomic E-state index is 0.0437. The van der Waals surface area contributed by atoms with E-state index in [2.05, 4.69) is 24.1 Å². The summed E-state index contributed by atoms with van der Waals surface area (Å²) in [7, 11) is 0. The van der Waals surface area contributed by atoms with Gasteiger partial charge in [0.15, 0.2) is 0 Å². The summed E-state index contributed by atoms with van der Waals surface area (Å²) in [5.41, 5.74) is 1.01. The second-order valence-corrected chi connectivity index (χ2v) is 6.01. The molecule has 16 heavy (non-hydrogen) atoms. The fourth-order valence-electron chi connectivity index (χ4n) is 2.77. The molecular weight excluding hydrogens is 220 g/mol. The molecular formula is C12H20N2OS. The second kappa shape index (κ2) is 5.15. The number of H-pyrrole nitrogens is 1. The number of aromatic amines is 1. The fourth-order valence-corrected chi connectivity index (χ4v) is 3.35. The summed E-state index contributed by atoms with van der Waals surface area (Å²) < 4.78 is 0. The molecule has 0 spiro atoms. The Morgan fingerprint density at radius 1 is 1.38 bits per heavy atom. The monoisotopic (exact) mass is 240 g/mol. The van der Waals surface area contributed by atoms with E-state index in [1.165, 1.54) is 30.6 Å². The Labute approximate surface area is 100 Å². The molecule has 1 aliphatic rings. The van der Waals surface area contributed by atoms with E-state index < -0.39 is 0 Å². The third kappa shape index (κ3) is 3.19. The van der Waals surface area contributed by atoms with E-state index in [0.29, 0.717) is 6.04 Å². The van der Waals surface area contributed by atoms with Crippen LogP contribution in [0.15, 0.2) is 10.2 Å². The van der Waals surface area contributed by atoms with Crippen molar-refractivity contribution in [1.29, 1.82) is 0 Å². The molecule has 1 aromatic heterocycles. The van der Waals surface area contributed by atoms with Gasteiger partial charge in [0.2, 0.25) is 0 Å². The molecule has 4 heteroatoms. The van der Waals surface area contributed by atoms with Gasteiger partial charge in [0, 0.05) is 23.7 Å². The lowest BCUT2D eigenvalue weighted by Gasteiger charge is -2.32. The number of hydrogen-bond acceptors (Lipinski definition) is 3. The van der Waals surface area contributed by atoms with Crippen molar-refractivity contribution >= 4 is 11.3 Å². The van der Waals surface area contributed by atoms with Crippen LogP contribution in [0, 0.1) is 11.8 Å².